The molecule has 3 rings (SSSR count). The van der Waals surface area contributed by atoms with E-state index in [4.69, 9.17) is 4.65 Å². The molecule has 0 bridgehead atoms. The van der Waals surface area contributed by atoms with Crippen LogP contribution in [0.15, 0.2) is 35.7 Å². The number of thiophene rings is 1. The molecule has 0 atom stereocenters. The van der Waals surface area contributed by atoms with E-state index in [0.29, 0.717) is 17.8 Å². The van der Waals surface area contributed by atoms with E-state index in [0.717, 1.165) is 10.6 Å². The van der Waals surface area contributed by atoms with E-state index in [9.17, 15) is 9.82 Å². The van der Waals surface area contributed by atoms with Gasteiger partial charge in [-0.2, -0.15) is 0 Å². The van der Waals surface area contributed by atoms with Crippen molar-refractivity contribution in [3.63, 3.8) is 0 Å². The lowest BCUT2D eigenvalue weighted by Crippen LogP contribution is -2.29. The molecule has 0 unspecified atom stereocenters. The van der Waals surface area contributed by atoms with Gasteiger partial charge >= 0.3 is 13.1 Å². The smallest absolute Gasteiger partial charge is 0.423 e. The Bertz CT molecular complexity index is 603. The molecule has 0 radical (unpaired) electrons. The highest BCUT2D eigenvalue weighted by Crippen LogP contribution is 2.17. The highest BCUT2D eigenvalue weighted by atomic mass is 32.1. The Labute approximate surface area is 114 Å². The van der Waals surface area contributed by atoms with Crippen LogP contribution in [-0.2, 0) is 11.3 Å². The van der Waals surface area contributed by atoms with Gasteiger partial charge in [0.2, 0.25) is 0 Å². The fourth-order valence-electron chi connectivity index (χ4n) is 1.92. The predicted octanol–water partition coefficient (Wildman–Crippen LogP) is 1.61. The fraction of sp³-hybridized carbons (Fsp3) is 0.0833. The normalized spacial score (nSPS) is 13.2. The molecule has 0 aliphatic carbocycles. The number of hydrogen-bond acceptors (Lipinski definition) is 4. The molecule has 5 nitrogen and oxygen atoms in total. The topological polar surface area (TPSA) is 70.6 Å². The number of benzene rings is 1. The molecule has 19 heavy (non-hydrogen) atoms. The summed E-state index contributed by atoms with van der Waals surface area (Å²) in [5.41, 5.74) is 2.27. The predicted molar refractivity (Wildman–Crippen MR) is 75.8 cm³/mol. The van der Waals surface area contributed by atoms with E-state index in [-0.39, 0.29) is 6.03 Å². The molecule has 0 saturated heterocycles. The van der Waals surface area contributed by atoms with Crippen LogP contribution in [-0.4, -0.2) is 18.2 Å². The fourth-order valence-corrected chi connectivity index (χ4v) is 2.53. The number of nitrogens with one attached hydrogen (secondary N) is 2. The van der Waals surface area contributed by atoms with E-state index in [1.165, 1.54) is 11.3 Å². The van der Waals surface area contributed by atoms with Crippen molar-refractivity contribution in [2.24, 2.45) is 0 Å². The first-order valence-electron chi connectivity index (χ1n) is 5.76. The number of anilines is 2. The van der Waals surface area contributed by atoms with Crippen molar-refractivity contribution in [2.75, 3.05) is 10.6 Å². The molecule has 7 heteroatoms. The van der Waals surface area contributed by atoms with Gasteiger partial charge in [-0.15, -0.1) is 11.3 Å². The summed E-state index contributed by atoms with van der Waals surface area (Å²) >= 11 is 1.45. The third-order valence-corrected chi connectivity index (χ3v) is 3.61. The van der Waals surface area contributed by atoms with Crippen LogP contribution in [0.3, 0.4) is 0 Å². The third-order valence-electron chi connectivity index (χ3n) is 2.82. The van der Waals surface area contributed by atoms with Crippen molar-refractivity contribution in [2.45, 2.75) is 6.61 Å². The van der Waals surface area contributed by atoms with Crippen LogP contribution in [0.25, 0.3) is 0 Å². The summed E-state index contributed by atoms with van der Waals surface area (Å²) in [7, 11) is -0.905. The first-order valence-corrected chi connectivity index (χ1v) is 6.64. The molecule has 3 N–H and O–H groups in total. The molecule has 2 aromatic rings. The Morgan fingerprint density at radius 2 is 2.26 bits per heavy atom. The van der Waals surface area contributed by atoms with Crippen LogP contribution in [0.1, 0.15) is 5.56 Å². The molecular weight excluding hydrogens is 263 g/mol. The SMILES string of the molecule is O=C(Nc1ccc2c(c1)B(O)OC2)Nc1cccs1. The zero-order valence-corrected chi connectivity index (χ0v) is 10.7. The Morgan fingerprint density at radius 1 is 1.37 bits per heavy atom. The minimum absolute atomic E-state index is 0.309. The molecule has 1 aliphatic rings. The third kappa shape index (κ3) is 2.63. The van der Waals surface area contributed by atoms with Crippen LogP contribution in [0.2, 0.25) is 0 Å². The quantitative estimate of drug-likeness (QED) is 0.728. The van der Waals surface area contributed by atoms with Gasteiger partial charge in [-0.25, -0.2) is 4.79 Å². The monoisotopic (exact) mass is 274 g/mol. The van der Waals surface area contributed by atoms with Gasteiger partial charge < -0.3 is 15.0 Å². The summed E-state index contributed by atoms with van der Waals surface area (Å²) in [6.45, 7) is 0.401. The van der Waals surface area contributed by atoms with Crippen molar-refractivity contribution in [1.82, 2.24) is 0 Å². The molecule has 1 aromatic heterocycles. The second kappa shape index (κ2) is 5.04. The lowest BCUT2D eigenvalue weighted by atomic mass is 9.79. The van der Waals surface area contributed by atoms with Gasteiger partial charge in [0, 0.05) is 5.69 Å². The standard InChI is InChI=1S/C12H11BN2O3S/c16-12(15-11-2-1-5-19-11)14-9-4-3-8-7-18-13(17)10(8)6-9/h1-6,17H,7H2,(H2,14,15,16). The first kappa shape index (κ1) is 12.2. The molecule has 0 fully saturated rings. The Morgan fingerprint density at radius 3 is 3.05 bits per heavy atom. The zero-order chi connectivity index (χ0) is 13.2. The average Bonchev–Trinajstić information content (AvgIpc) is 3.00. The Hall–Kier alpha value is -1.83. The summed E-state index contributed by atoms with van der Waals surface area (Å²) in [5.74, 6) is 0. The van der Waals surface area contributed by atoms with Crippen molar-refractivity contribution < 1.29 is 14.5 Å². The van der Waals surface area contributed by atoms with Gasteiger partial charge in [0.25, 0.3) is 0 Å². The van der Waals surface area contributed by atoms with Gasteiger partial charge in [-0.1, -0.05) is 6.07 Å². The maximum atomic E-state index is 11.8. The number of fused-ring (bicyclic) bond motifs is 1. The van der Waals surface area contributed by atoms with E-state index >= 15 is 0 Å². The summed E-state index contributed by atoms with van der Waals surface area (Å²) in [4.78, 5) is 11.8. The molecular formula is C12H11BN2O3S. The van der Waals surface area contributed by atoms with Crippen LogP contribution < -0.4 is 16.1 Å². The maximum absolute atomic E-state index is 11.8. The van der Waals surface area contributed by atoms with E-state index in [1.54, 1.807) is 12.1 Å². The molecule has 2 heterocycles. The minimum atomic E-state index is -0.905. The maximum Gasteiger partial charge on any atom is 0.491 e. The van der Waals surface area contributed by atoms with Crippen LogP contribution in [0.4, 0.5) is 15.5 Å². The molecule has 1 aromatic carbocycles. The molecule has 2 amide bonds. The summed E-state index contributed by atoms with van der Waals surface area (Å²) < 4.78 is 5.10. The molecule has 0 spiro atoms. The van der Waals surface area contributed by atoms with Crippen molar-refractivity contribution in [1.29, 1.82) is 0 Å². The molecule has 96 valence electrons. The summed E-state index contributed by atoms with van der Waals surface area (Å²) in [6, 6.07) is 8.73. The zero-order valence-electron chi connectivity index (χ0n) is 9.92. The largest absolute Gasteiger partial charge is 0.491 e. The highest BCUT2D eigenvalue weighted by molar-refractivity contribution is 7.14. The van der Waals surface area contributed by atoms with Gasteiger partial charge in [0.05, 0.1) is 11.6 Å². The van der Waals surface area contributed by atoms with Crippen molar-refractivity contribution >= 4 is 40.6 Å². The second-order valence-corrected chi connectivity index (χ2v) is 5.08. The van der Waals surface area contributed by atoms with E-state index < -0.39 is 7.12 Å². The minimum Gasteiger partial charge on any atom is -0.423 e. The molecule has 0 saturated carbocycles. The highest BCUT2D eigenvalue weighted by Gasteiger charge is 2.27. The van der Waals surface area contributed by atoms with E-state index in [1.807, 2.05) is 23.6 Å². The van der Waals surface area contributed by atoms with Gasteiger partial charge in [0.1, 0.15) is 0 Å². The Kier molecular flexibility index (Phi) is 3.24. The number of amides is 2. The first-order chi connectivity index (χ1) is 9.22. The molecule has 1 aliphatic heterocycles. The number of hydrogen-bond donors (Lipinski definition) is 3. The van der Waals surface area contributed by atoms with Crippen LogP contribution in [0, 0.1) is 0 Å². The lowest BCUT2D eigenvalue weighted by molar-refractivity contribution is 0.262. The Balaban J connectivity index is 1.70. The summed E-state index contributed by atoms with van der Waals surface area (Å²) in [5, 5.41) is 17.7. The number of rotatable bonds is 2. The number of carbonyl (C=O) groups is 1. The van der Waals surface area contributed by atoms with Gasteiger partial charge in [-0.05, 0) is 40.7 Å². The average molecular weight is 274 g/mol. The van der Waals surface area contributed by atoms with Gasteiger partial charge in [0.15, 0.2) is 0 Å². The van der Waals surface area contributed by atoms with E-state index in [2.05, 4.69) is 10.6 Å². The van der Waals surface area contributed by atoms with Gasteiger partial charge in [-0.3, -0.25) is 5.32 Å². The number of carbonyl (C=O) groups excluding carboxylic acids is 1. The van der Waals surface area contributed by atoms with Crippen molar-refractivity contribution in [3.8, 4) is 0 Å². The summed E-state index contributed by atoms with van der Waals surface area (Å²) in [6.07, 6.45) is 0. The van der Waals surface area contributed by atoms with Crippen LogP contribution in [0.5, 0.6) is 0 Å². The second-order valence-electron chi connectivity index (χ2n) is 4.13. The van der Waals surface area contributed by atoms with Crippen molar-refractivity contribution in [3.05, 3.63) is 41.3 Å². The number of urea groups is 1. The van der Waals surface area contributed by atoms with Crippen LogP contribution >= 0.6 is 11.3 Å². The lowest BCUT2D eigenvalue weighted by Gasteiger charge is -2.07.